The second-order valence-corrected chi connectivity index (χ2v) is 6.85. The lowest BCUT2D eigenvalue weighted by Crippen LogP contribution is -2.23. The molecule has 1 aromatic heterocycles. The number of benzene rings is 1. The second kappa shape index (κ2) is 7.71. The Labute approximate surface area is 142 Å². The Morgan fingerprint density at radius 2 is 2.46 bits per heavy atom. The fourth-order valence-corrected chi connectivity index (χ4v) is 3.20. The van der Waals surface area contributed by atoms with E-state index >= 15 is 0 Å². The van der Waals surface area contributed by atoms with Crippen LogP contribution in [-0.4, -0.2) is 44.1 Å². The number of thioether (sulfide) groups is 1. The largest absolute Gasteiger partial charge is 0.376 e. The minimum atomic E-state index is -0.428. The van der Waals surface area contributed by atoms with Crippen molar-refractivity contribution in [2.75, 3.05) is 11.9 Å². The van der Waals surface area contributed by atoms with E-state index in [9.17, 15) is 9.18 Å². The van der Waals surface area contributed by atoms with Gasteiger partial charge in [-0.15, -0.1) is 5.10 Å². The van der Waals surface area contributed by atoms with Crippen molar-refractivity contribution in [3.63, 3.8) is 0 Å². The van der Waals surface area contributed by atoms with Gasteiger partial charge in [-0.05, 0) is 48.4 Å². The highest BCUT2D eigenvalue weighted by Crippen LogP contribution is 2.23. The van der Waals surface area contributed by atoms with Crippen molar-refractivity contribution in [2.24, 2.45) is 0 Å². The molecule has 2 atom stereocenters. The van der Waals surface area contributed by atoms with Gasteiger partial charge in [-0.1, -0.05) is 17.8 Å². The monoisotopic (exact) mass is 351 g/mol. The molecule has 0 aliphatic carbocycles. The molecule has 0 bridgehead atoms. The van der Waals surface area contributed by atoms with Crippen molar-refractivity contribution in [1.82, 2.24) is 20.2 Å². The summed E-state index contributed by atoms with van der Waals surface area (Å²) in [6.07, 6.45) is 2.14. The fraction of sp³-hybridized carbons (Fsp3) is 0.467. The number of nitrogens with zero attached hydrogens (tertiary/aromatic N) is 4. The number of rotatable bonds is 6. The molecule has 0 radical (unpaired) electrons. The Kier molecular flexibility index (Phi) is 5.41. The van der Waals surface area contributed by atoms with E-state index in [0.29, 0.717) is 17.4 Å². The van der Waals surface area contributed by atoms with Gasteiger partial charge in [0.2, 0.25) is 11.1 Å². The Balaban J connectivity index is 1.59. The molecule has 2 unspecified atom stereocenters. The zero-order chi connectivity index (χ0) is 16.9. The van der Waals surface area contributed by atoms with E-state index in [1.807, 2.05) is 0 Å². The molecule has 24 heavy (non-hydrogen) atoms. The third-order valence-electron chi connectivity index (χ3n) is 3.64. The van der Waals surface area contributed by atoms with E-state index in [-0.39, 0.29) is 12.0 Å². The first kappa shape index (κ1) is 16.8. The highest BCUT2D eigenvalue weighted by molar-refractivity contribution is 8.00. The molecule has 1 aliphatic heterocycles. The summed E-state index contributed by atoms with van der Waals surface area (Å²) in [7, 11) is 0. The molecule has 1 aliphatic rings. The molecule has 7 nitrogen and oxygen atoms in total. The number of halogens is 1. The van der Waals surface area contributed by atoms with Gasteiger partial charge in [-0.25, -0.2) is 9.07 Å². The summed E-state index contributed by atoms with van der Waals surface area (Å²) >= 11 is 1.26. The van der Waals surface area contributed by atoms with Crippen molar-refractivity contribution in [3.05, 3.63) is 30.1 Å². The number of hydrogen-bond acceptors (Lipinski definition) is 6. The summed E-state index contributed by atoms with van der Waals surface area (Å²) in [5, 5.41) is 14.4. The van der Waals surface area contributed by atoms with Crippen molar-refractivity contribution in [3.8, 4) is 0 Å². The van der Waals surface area contributed by atoms with Gasteiger partial charge in [-0.2, -0.15) is 0 Å². The number of carbonyl (C=O) groups is 1. The van der Waals surface area contributed by atoms with E-state index in [0.717, 1.165) is 19.4 Å². The smallest absolute Gasteiger partial charge is 0.237 e. The normalized spacial score (nSPS) is 18.5. The van der Waals surface area contributed by atoms with Gasteiger partial charge in [0.1, 0.15) is 5.82 Å². The Morgan fingerprint density at radius 1 is 1.58 bits per heavy atom. The van der Waals surface area contributed by atoms with Gasteiger partial charge in [0.05, 0.1) is 17.9 Å². The average molecular weight is 351 g/mol. The van der Waals surface area contributed by atoms with E-state index in [4.69, 9.17) is 4.74 Å². The van der Waals surface area contributed by atoms with Crippen molar-refractivity contribution < 1.29 is 13.9 Å². The van der Waals surface area contributed by atoms with Gasteiger partial charge in [0.15, 0.2) is 0 Å². The maximum atomic E-state index is 13.2. The molecule has 1 fully saturated rings. The first-order valence-corrected chi connectivity index (χ1v) is 8.60. The fourth-order valence-electron chi connectivity index (χ4n) is 2.40. The van der Waals surface area contributed by atoms with Gasteiger partial charge < -0.3 is 10.1 Å². The summed E-state index contributed by atoms with van der Waals surface area (Å²) in [4.78, 5) is 12.2. The highest BCUT2D eigenvalue weighted by Gasteiger charge is 2.22. The lowest BCUT2D eigenvalue weighted by molar-refractivity contribution is -0.115. The Bertz CT molecular complexity index is 705. The predicted molar refractivity (Wildman–Crippen MR) is 87.1 cm³/mol. The first-order valence-electron chi connectivity index (χ1n) is 7.72. The molecule has 0 saturated carbocycles. The Morgan fingerprint density at radius 3 is 3.21 bits per heavy atom. The van der Waals surface area contributed by atoms with Crippen LogP contribution in [0.2, 0.25) is 0 Å². The molecule has 2 heterocycles. The average Bonchev–Trinajstić information content (AvgIpc) is 3.20. The van der Waals surface area contributed by atoms with E-state index in [1.165, 1.54) is 23.9 Å². The zero-order valence-corrected chi connectivity index (χ0v) is 14.0. The maximum absolute atomic E-state index is 13.2. The van der Waals surface area contributed by atoms with Crippen LogP contribution in [0.4, 0.5) is 10.1 Å². The van der Waals surface area contributed by atoms with E-state index in [1.54, 1.807) is 23.7 Å². The standard InChI is InChI=1S/C15H18FN5O2S/c1-10(14(22)17-12-5-2-4-11(16)8-12)24-15-18-19-20-21(15)9-13-6-3-7-23-13/h2,4-5,8,10,13H,3,6-7,9H2,1H3,(H,17,22). The number of tetrazole rings is 1. The number of amides is 1. The van der Waals surface area contributed by atoms with Crippen molar-refractivity contribution in [2.45, 2.75) is 42.8 Å². The molecular weight excluding hydrogens is 333 g/mol. The molecule has 1 aromatic carbocycles. The summed E-state index contributed by atoms with van der Waals surface area (Å²) < 4.78 is 20.4. The molecule has 3 rings (SSSR count). The number of anilines is 1. The van der Waals surface area contributed by atoms with Crippen LogP contribution in [0, 0.1) is 5.82 Å². The maximum Gasteiger partial charge on any atom is 0.237 e. The summed E-state index contributed by atoms with van der Waals surface area (Å²) in [6.45, 7) is 3.10. The van der Waals surface area contributed by atoms with Crippen LogP contribution in [-0.2, 0) is 16.1 Å². The zero-order valence-electron chi connectivity index (χ0n) is 13.2. The van der Waals surface area contributed by atoms with Crippen LogP contribution in [0.1, 0.15) is 19.8 Å². The summed E-state index contributed by atoms with van der Waals surface area (Å²) in [6, 6.07) is 5.79. The lowest BCUT2D eigenvalue weighted by atomic mass is 10.2. The molecule has 0 spiro atoms. The molecular formula is C15H18FN5O2S. The van der Waals surface area contributed by atoms with Gasteiger partial charge in [-0.3, -0.25) is 4.79 Å². The predicted octanol–water partition coefficient (Wildman–Crippen LogP) is 2.11. The SMILES string of the molecule is CC(Sc1nnnn1CC1CCCO1)C(=O)Nc1cccc(F)c1. The molecule has 2 aromatic rings. The topological polar surface area (TPSA) is 81.9 Å². The van der Waals surface area contributed by atoms with Gasteiger partial charge >= 0.3 is 0 Å². The third kappa shape index (κ3) is 4.30. The Hall–Kier alpha value is -2.00. The molecule has 128 valence electrons. The molecule has 1 N–H and O–H groups in total. The lowest BCUT2D eigenvalue weighted by Gasteiger charge is -2.13. The molecule has 1 amide bonds. The third-order valence-corrected chi connectivity index (χ3v) is 4.71. The number of hydrogen-bond donors (Lipinski definition) is 1. The van der Waals surface area contributed by atoms with Crippen LogP contribution in [0.15, 0.2) is 29.4 Å². The van der Waals surface area contributed by atoms with Gasteiger partial charge in [0, 0.05) is 12.3 Å². The molecule has 9 heteroatoms. The summed E-state index contributed by atoms with van der Waals surface area (Å²) in [5.41, 5.74) is 0.423. The van der Waals surface area contributed by atoms with E-state index < -0.39 is 11.1 Å². The van der Waals surface area contributed by atoms with Gasteiger partial charge in [0.25, 0.3) is 0 Å². The second-order valence-electron chi connectivity index (χ2n) is 5.54. The van der Waals surface area contributed by atoms with Crippen LogP contribution < -0.4 is 5.32 Å². The minimum absolute atomic E-state index is 0.115. The van der Waals surface area contributed by atoms with Crippen molar-refractivity contribution >= 4 is 23.4 Å². The van der Waals surface area contributed by atoms with Crippen molar-refractivity contribution in [1.29, 1.82) is 0 Å². The van der Waals surface area contributed by atoms with E-state index in [2.05, 4.69) is 20.8 Å². The highest BCUT2D eigenvalue weighted by atomic mass is 32.2. The summed E-state index contributed by atoms with van der Waals surface area (Å²) in [5.74, 6) is -0.633. The number of nitrogens with one attached hydrogen (secondary N) is 1. The number of aromatic nitrogens is 4. The minimum Gasteiger partial charge on any atom is -0.376 e. The molecule has 1 saturated heterocycles. The van der Waals surface area contributed by atoms with Crippen LogP contribution >= 0.6 is 11.8 Å². The number of ether oxygens (including phenoxy) is 1. The van der Waals surface area contributed by atoms with Crippen LogP contribution in [0.3, 0.4) is 0 Å². The quantitative estimate of drug-likeness (QED) is 0.803. The first-order chi connectivity index (χ1) is 11.6. The van der Waals surface area contributed by atoms with Crippen LogP contribution in [0.25, 0.3) is 0 Å². The van der Waals surface area contributed by atoms with Crippen LogP contribution in [0.5, 0.6) is 0 Å². The number of carbonyl (C=O) groups excluding carboxylic acids is 1.